The summed E-state index contributed by atoms with van der Waals surface area (Å²) in [7, 11) is 1.39. The van der Waals surface area contributed by atoms with Crippen LogP contribution in [0.25, 0.3) is 0 Å². The van der Waals surface area contributed by atoms with E-state index in [9.17, 15) is 4.79 Å². The zero-order valence-electron chi connectivity index (χ0n) is 9.95. The Morgan fingerprint density at radius 3 is 2.53 bits per heavy atom. The minimum absolute atomic E-state index is 0.315. The van der Waals surface area contributed by atoms with Crippen LogP contribution in [0.5, 0.6) is 0 Å². The number of methoxy groups -OCH3 is 1. The number of carbonyl (C=O) groups excluding carboxylic acids is 1. The van der Waals surface area contributed by atoms with Crippen molar-refractivity contribution in [1.29, 1.82) is 0 Å². The van der Waals surface area contributed by atoms with Gasteiger partial charge in [-0.05, 0) is 42.9 Å². The lowest BCUT2D eigenvalue weighted by molar-refractivity contribution is 0.0599. The van der Waals surface area contributed by atoms with Crippen molar-refractivity contribution in [2.45, 2.75) is 25.7 Å². The van der Waals surface area contributed by atoms with Gasteiger partial charge in [0.05, 0.1) is 12.7 Å². The average molecular weight is 249 g/mol. The lowest BCUT2D eigenvalue weighted by atomic mass is 9.96. The van der Waals surface area contributed by atoms with Crippen LogP contribution in [0.1, 0.15) is 45.8 Å². The molecule has 0 aromatic heterocycles. The highest BCUT2D eigenvalue weighted by Gasteiger charge is 2.29. The molecular weight excluding hydrogens is 234 g/mol. The van der Waals surface area contributed by atoms with Crippen LogP contribution in [-0.2, 0) is 4.74 Å². The number of thiocarbonyl (C=S) groups is 1. The Bertz CT molecular complexity index is 492. The Morgan fingerprint density at radius 2 is 2.06 bits per heavy atom. The number of esters is 1. The molecule has 0 spiro atoms. The first-order valence-corrected chi connectivity index (χ1v) is 5.98. The topological polar surface area (TPSA) is 52.3 Å². The molecule has 0 unspecified atom stereocenters. The monoisotopic (exact) mass is 249 g/mol. The van der Waals surface area contributed by atoms with E-state index in [-0.39, 0.29) is 5.97 Å². The van der Waals surface area contributed by atoms with E-state index in [4.69, 9.17) is 22.7 Å². The number of rotatable bonds is 3. The normalized spacial score (nSPS) is 14.5. The van der Waals surface area contributed by atoms with Crippen molar-refractivity contribution >= 4 is 23.2 Å². The van der Waals surface area contributed by atoms with Gasteiger partial charge in [-0.1, -0.05) is 18.3 Å². The Balaban J connectivity index is 2.55. The Morgan fingerprint density at radius 1 is 1.41 bits per heavy atom. The van der Waals surface area contributed by atoms with E-state index in [0.717, 1.165) is 29.5 Å². The maximum atomic E-state index is 11.7. The molecule has 0 atom stereocenters. The molecule has 17 heavy (non-hydrogen) atoms. The second kappa shape index (κ2) is 4.45. The lowest BCUT2D eigenvalue weighted by Crippen LogP contribution is -2.14. The minimum Gasteiger partial charge on any atom is -0.465 e. The van der Waals surface area contributed by atoms with E-state index in [1.165, 1.54) is 7.11 Å². The molecular formula is C13H15NO2S. The summed E-state index contributed by atoms with van der Waals surface area (Å²) < 4.78 is 4.81. The highest BCUT2D eigenvalue weighted by molar-refractivity contribution is 7.80. The highest BCUT2D eigenvalue weighted by atomic mass is 32.1. The van der Waals surface area contributed by atoms with Crippen molar-refractivity contribution < 1.29 is 9.53 Å². The third kappa shape index (κ3) is 2.31. The summed E-state index contributed by atoms with van der Waals surface area (Å²) in [5.41, 5.74) is 9.09. The first-order chi connectivity index (χ1) is 8.04. The van der Waals surface area contributed by atoms with Crippen LogP contribution in [0.3, 0.4) is 0 Å². The number of carbonyl (C=O) groups is 1. The maximum Gasteiger partial charge on any atom is 0.338 e. The fourth-order valence-corrected chi connectivity index (χ4v) is 2.23. The molecule has 1 aromatic carbocycles. The SMILES string of the molecule is COC(=O)c1cc(C(N)=S)c(C)cc1C1CC1. The van der Waals surface area contributed by atoms with Crippen molar-refractivity contribution in [2.75, 3.05) is 7.11 Å². The van der Waals surface area contributed by atoms with Gasteiger partial charge in [-0.25, -0.2) is 4.79 Å². The van der Waals surface area contributed by atoms with Crippen molar-refractivity contribution in [3.05, 3.63) is 34.4 Å². The second-order valence-electron chi connectivity index (χ2n) is 4.38. The molecule has 1 aromatic rings. The largest absolute Gasteiger partial charge is 0.465 e. The van der Waals surface area contributed by atoms with E-state index in [2.05, 4.69) is 0 Å². The van der Waals surface area contributed by atoms with Gasteiger partial charge in [0.25, 0.3) is 0 Å². The molecule has 0 amide bonds. The van der Waals surface area contributed by atoms with Crippen LogP contribution in [-0.4, -0.2) is 18.1 Å². The zero-order valence-corrected chi connectivity index (χ0v) is 10.8. The van der Waals surface area contributed by atoms with Gasteiger partial charge < -0.3 is 10.5 Å². The van der Waals surface area contributed by atoms with Gasteiger partial charge in [-0.2, -0.15) is 0 Å². The quantitative estimate of drug-likeness (QED) is 0.659. The molecule has 0 radical (unpaired) electrons. The molecule has 1 saturated carbocycles. The van der Waals surface area contributed by atoms with Crippen LogP contribution < -0.4 is 5.73 Å². The molecule has 4 heteroatoms. The number of hydrogen-bond donors (Lipinski definition) is 1. The highest BCUT2D eigenvalue weighted by Crippen LogP contribution is 2.42. The zero-order chi connectivity index (χ0) is 12.6. The number of aryl methyl sites for hydroxylation is 1. The molecule has 1 aliphatic rings. The predicted octanol–water partition coefficient (Wildman–Crippen LogP) is 2.29. The smallest absolute Gasteiger partial charge is 0.338 e. The van der Waals surface area contributed by atoms with Gasteiger partial charge >= 0.3 is 5.97 Å². The third-order valence-corrected chi connectivity index (χ3v) is 3.30. The second-order valence-corrected chi connectivity index (χ2v) is 4.82. The fourth-order valence-electron chi connectivity index (χ4n) is 2.01. The van der Waals surface area contributed by atoms with Gasteiger partial charge in [0.1, 0.15) is 4.99 Å². The van der Waals surface area contributed by atoms with Gasteiger partial charge in [0, 0.05) is 5.56 Å². The number of nitrogens with two attached hydrogens (primary N) is 1. The Kier molecular flexibility index (Phi) is 3.15. The van der Waals surface area contributed by atoms with Crippen LogP contribution in [0.4, 0.5) is 0 Å². The van der Waals surface area contributed by atoms with Crippen LogP contribution in [0.15, 0.2) is 12.1 Å². The van der Waals surface area contributed by atoms with E-state index in [1.54, 1.807) is 6.07 Å². The molecule has 1 fully saturated rings. The first-order valence-electron chi connectivity index (χ1n) is 5.57. The molecule has 1 aliphatic carbocycles. The standard InChI is InChI=1S/C13H15NO2S/c1-7-5-10(8-3-4-8)11(13(15)16-2)6-9(7)12(14)17/h5-6,8H,3-4H2,1-2H3,(H2,14,17). The molecule has 0 aliphatic heterocycles. The number of hydrogen-bond acceptors (Lipinski definition) is 3. The molecule has 0 bridgehead atoms. The minimum atomic E-state index is -0.315. The molecule has 2 rings (SSSR count). The average Bonchev–Trinajstić information content (AvgIpc) is 3.11. The summed E-state index contributed by atoms with van der Waals surface area (Å²) in [6, 6.07) is 3.77. The summed E-state index contributed by atoms with van der Waals surface area (Å²) in [4.78, 5) is 12.1. The molecule has 90 valence electrons. The summed E-state index contributed by atoms with van der Waals surface area (Å²) >= 11 is 4.98. The maximum absolute atomic E-state index is 11.7. The molecule has 3 nitrogen and oxygen atoms in total. The Hall–Kier alpha value is -1.42. The van der Waals surface area contributed by atoms with Crippen molar-refractivity contribution in [1.82, 2.24) is 0 Å². The molecule has 0 heterocycles. The summed E-state index contributed by atoms with van der Waals surface area (Å²) in [5, 5.41) is 0. The van der Waals surface area contributed by atoms with E-state index in [0.29, 0.717) is 16.5 Å². The van der Waals surface area contributed by atoms with Crippen molar-refractivity contribution in [3.63, 3.8) is 0 Å². The third-order valence-electron chi connectivity index (χ3n) is 3.08. The van der Waals surface area contributed by atoms with Gasteiger partial charge in [0.15, 0.2) is 0 Å². The van der Waals surface area contributed by atoms with Crippen LogP contribution in [0, 0.1) is 6.92 Å². The Labute approximate surface area is 106 Å². The molecule has 2 N–H and O–H groups in total. The van der Waals surface area contributed by atoms with Crippen LogP contribution >= 0.6 is 12.2 Å². The predicted molar refractivity (Wildman–Crippen MR) is 70.4 cm³/mol. The van der Waals surface area contributed by atoms with E-state index < -0.39 is 0 Å². The van der Waals surface area contributed by atoms with E-state index >= 15 is 0 Å². The summed E-state index contributed by atoms with van der Waals surface area (Å²) in [6.45, 7) is 1.96. The molecule has 0 saturated heterocycles. The fraction of sp³-hybridized carbons (Fsp3) is 0.385. The lowest BCUT2D eigenvalue weighted by Gasteiger charge is -2.12. The van der Waals surface area contributed by atoms with Crippen molar-refractivity contribution in [3.8, 4) is 0 Å². The first kappa shape index (κ1) is 12.0. The summed E-state index contributed by atoms with van der Waals surface area (Å²) in [5.74, 6) is 0.174. The number of ether oxygens (including phenoxy) is 1. The summed E-state index contributed by atoms with van der Waals surface area (Å²) in [6.07, 6.45) is 2.27. The van der Waals surface area contributed by atoms with Crippen molar-refractivity contribution in [2.24, 2.45) is 5.73 Å². The van der Waals surface area contributed by atoms with Gasteiger partial charge in [0.2, 0.25) is 0 Å². The van der Waals surface area contributed by atoms with Gasteiger partial charge in [-0.3, -0.25) is 0 Å². The van der Waals surface area contributed by atoms with E-state index in [1.807, 2.05) is 13.0 Å². The van der Waals surface area contributed by atoms with Crippen LogP contribution in [0.2, 0.25) is 0 Å². The van der Waals surface area contributed by atoms with Gasteiger partial charge in [-0.15, -0.1) is 0 Å². The number of benzene rings is 1.